The van der Waals surface area contributed by atoms with Crippen molar-refractivity contribution in [2.45, 2.75) is 92.4 Å². The summed E-state index contributed by atoms with van der Waals surface area (Å²) in [4.78, 5) is 23.8. The van der Waals surface area contributed by atoms with Gasteiger partial charge in [0.1, 0.15) is 5.82 Å². The molecule has 0 unspecified atom stereocenters. The molecular weight excluding hydrogens is 524 g/mol. The molecule has 3 rings (SSSR count). The molecule has 1 amide bonds. The molecule has 2 N–H and O–H groups in total. The van der Waals surface area contributed by atoms with Crippen molar-refractivity contribution in [3.8, 4) is 0 Å². The maximum atomic E-state index is 12.7. The van der Waals surface area contributed by atoms with Gasteiger partial charge in [-0.2, -0.15) is 0 Å². The fraction of sp³-hybridized carbons (Fsp3) is 0.500. The number of para-hydroxylation sites is 1. The van der Waals surface area contributed by atoms with E-state index < -0.39 is 0 Å². The van der Waals surface area contributed by atoms with Gasteiger partial charge in [-0.1, -0.05) is 86.3 Å². The number of unbranched alkanes of at least 4 members (excludes halogenated alkanes) is 1. The van der Waals surface area contributed by atoms with Gasteiger partial charge in [0.15, 0.2) is 5.78 Å². The number of aryl methyl sites for hydroxylation is 1. The van der Waals surface area contributed by atoms with Gasteiger partial charge in [-0.05, 0) is 87.6 Å². The van der Waals surface area contributed by atoms with Crippen LogP contribution in [-0.4, -0.2) is 11.7 Å². The smallest absolute Gasteiger partial charge is 0.228 e. The summed E-state index contributed by atoms with van der Waals surface area (Å²) in [5, 5.41) is 6.52. The molecule has 0 bridgehead atoms. The van der Waals surface area contributed by atoms with Crippen LogP contribution in [0.3, 0.4) is 0 Å². The van der Waals surface area contributed by atoms with Crippen molar-refractivity contribution in [1.29, 1.82) is 0 Å². The zero-order valence-corrected chi connectivity index (χ0v) is 24.9. The summed E-state index contributed by atoms with van der Waals surface area (Å²) in [7, 11) is 0. The van der Waals surface area contributed by atoms with Gasteiger partial charge in [-0.15, -0.1) is 0 Å². The van der Waals surface area contributed by atoms with E-state index in [0.29, 0.717) is 0 Å². The van der Waals surface area contributed by atoms with Gasteiger partial charge in [0, 0.05) is 21.6 Å². The van der Waals surface area contributed by atoms with Crippen LogP contribution in [0.5, 0.6) is 0 Å². The second-order valence-electron chi connectivity index (χ2n) is 9.99. The topological polar surface area (TPSA) is 58.2 Å². The molecule has 2 aromatic carbocycles. The molecule has 1 fully saturated rings. The van der Waals surface area contributed by atoms with Crippen molar-refractivity contribution in [3.63, 3.8) is 0 Å². The second kappa shape index (κ2) is 16.4. The fourth-order valence-corrected chi connectivity index (χ4v) is 5.53. The van der Waals surface area contributed by atoms with Gasteiger partial charge in [0.05, 0.1) is 0 Å². The third kappa shape index (κ3) is 10.1. The second-order valence-corrected chi connectivity index (χ2v) is 10.8. The number of allylic oxidation sites excluding steroid dienone is 1. The number of amides is 1. The van der Waals surface area contributed by atoms with E-state index >= 15 is 0 Å². The summed E-state index contributed by atoms with van der Waals surface area (Å²) < 4.78 is 1.03. The lowest BCUT2D eigenvalue weighted by Gasteiger charge is -2.28. The van der Waals surface area contributed by atoms with Crippen LogP contribution in [0, 0.1) is 18.8 Å². The Morgan fingerprint density at radius 1 is 1.00 bits per heavy atom. The first-order chi connectivity index (χ1) is 17.8. The number of benzene rings is 2. The van der Waals surface area contributed by atoms with Crippen LogP contribution >= 0.6 is 15.9 Å². The summed E-state index contributed by atoms with van der Waals surface area (Å²) in [6, 6.07) is 13.9. The van der Waals surface area contributed by atoms with Gasteiger partial charge in [0.2, 0.25) is 5.91 Å². The molecule has 2 aromatic rings. The number of hydrogen-bond donors (Lipinski definition) is 2. The predicted molar refractivity (Wildman–Crippen MR) is 160 cm³/mol. The standard InChI is InChI=1S/C22H34N2O.C10H11BrO/c1-4-6-11-18-13-15-19(16-14-18)22(25)24-21(9-5-2)23-20-12-8-7-10-17(20)3;1-3-8-9(7(2)12)5-4-6-10(8)11/h7-10,12,18-19,23H,4-6,11,13-16H2,1-3H3,(H,24,25);4-6H,3H2,1-2H3/b21-9-;. The summed E-state index contributed by atoms with van der Waals surface area (Å²) in [6.45, 7) is 10.1. The summed E-state index contributed by atoms with van der Waals surface area (Å²) in [5.74, 6) is 2.12. The highest BCUT2D eigenvalue weighted by atomic mass is 79.9. The van der Waals surface area contributed by atoms with Crippen molar-refractivity contribution in [2.75, 3.05) is 5.32 Å². The van der Waals surface area contributed by atoms with Gasteiger partial charge in [-0.3, -0.25) is 9.59 Å². The lowest BCUT2D eigenvalue weighted by molar-refractivity contribution is -0.125. The van der Waals surface area contributed by atoms with Crippen LogP contribution in [0.1, 0.15) is 101 Å². The molecule has 0 aliphatic heterocycles. The van der Waals surface area contributed by atoms with E-state index in [1.54, 1.807) is 6.92 Å². The van der Waals surface area contributed by atoms with Gasteiger partial charge < -0.3 is 10.6 Å². The van der Waals surface area contributed by atoms with E-state index in [0.717, 1.165) is 58.7 Å². The molecule has 0 atom stereocenters. The average Bonchev–Trinajstić information content (AvgIpc) is 2.89. The highest BCUT2D eigenvalue weighted by Crippen LogP contribution is 2.32. The number of rotatable bonds is 10. The first-order valence-corrected chi connectivity index (χ1v) is 14.7. The van der Waals surface area contributed by atoms with Gasteiger partial charge >= 0.3 is 0 Å². The summed E-state index contributed by atoms with van der Waals surface area (Å²) in [6.07, 6.45) is 12.2. The monoisotopic (exact) mass is 568 g/mol. The van der Waals surface area contributed by atoms with E-state index in [1.807, 2.05) is 43.3 Å². The Morgan fingerprint density at radius 2 is 1.70 bits per heavy atom. The Hall–Kier alpha value is -2.40. The zero-order chi connectivity index (χ0) is 27.2. The van der Waals surface area contributed by atoms with Crippen LogP contribution in [0.25, 0.3) is 0 Å². The minimum absolute atomic E-state index is 0.133. The third-order valence-electron chi connectivity index (χ3n) is 7.12. The van der Waals surface area contributed by atoms with Gasteiger partial charge in [0.25, 0.3) is 0 Å². The van der Waals surface area contributed by atoms with Crippen molar-refractivity contribution in [3.05, 3.63) is 75.5 Å². The lowest BCUT2D eigenvalue weighted by atomic mass is 9.79. The van der Waals surface area contributed by atoms with Crippen LogP contribution in [0.4, 0.5) is 5.69 Å². The van der Waals surface area contributed by atoms with Crippen LogP contribution in [0.2, 0.25) is 0 Å². The molecule has 0 aromatic heterocycles. The predicted octanol–water partition coefficient (Wildman–Crippen LogP) is 8.99. The molecule has 1 saturated carbocycles. The van der Waals surface area contributed by atoms with Crippen molar-refractivity contribution in [2.24, 2.45) is 11.8 Å². The number of nitrogens with one attached hydrogen (secondary N) is 2. The molecule has 1 aliphatic rings. The average molecular weight is 570 g/mol. The quantitative estimate of drug-likeness (QED) is 0.281. The number of carbonyl (C=O) groups excluding carboxylic acids is 2. The first kappa shape index (κ1) is 30.8. The Morgan fingerprint density at radius 3 is 2.27 bits per heavy atom. The SMILES string of the molecule is CC/C=C(\NC(=O)C1CCC(CCCC)CC1)Nc1ccccc1C.CCc1c(Br)cccc1C(C)=O. The summed E-state index contributed by atoms with van der Waals surface area (Å²) >= 11 is 3.42. The van der Waals surface area contributed by atoms with E-state index in [1.165, 1.54) is 37.7 Å². The fourth-order valence-electron chi connectivity index (χ4n) is 4.88. The lowest BCUT2D eigenvalue weighted by Crippen LogP contribution is -2.35. The number of Topliss-reactive ketones (excluding diaryl/α,β-unsaturated/α-hetero) is 1. The van der Waals surface area contributed by atoms with Crippen LogP contribution in [0.15, 0.2) is 58.8 Å². The molecular formula is C32H45BrN2O2. The molecule has 5 heteroatoms. The van der Waals surface area contributed by atoms with Crippen LogP contribution in [-0.2, 0) is 11.2 Å². The number of hydrogen-bond acceptors (Lipinski definition) is 3. The van der Waals surface area contributed by atoms with E-state index in [9.17, 15) is 9.59 Å². The van der Waals surface area contributed by atoms with Crippen molar-refractivity contribution in [1.82, 2.24) is 5.32 Å². The third-order valence-corrected chi connectivity index (χ3v) is 7.86. The molecule has 0 spiro atoms. The van der Waals surface area contributed by atoms with E-state index in [4.69, 9.17) is 0 Å². The maximum absolute atomic E-state index is 12.7. The number of carbonyl (C=O) groups is 2. The molecule has 0 radical (unpaired) electrons. The number of halogens is 1. The Balaban J connectivity index is 0.000000335. The highest BCUT2D eigenvalue weighted by molar-refractivity contribution is 9.10. The first-order valence-electron chi connectivity index (χ1n) is 13.9. The Labute approximate surface area is 232 Å². The molecule has 4 nitrogen and oxygen atoms in total. The Kier molecular flexibility index (Phi) is 13.7. The largest absolute Gasteiger partial charge is 0.342 e. The van der Waals surface area contributed by atoms with E-state index in [-0.39, 0.29) is 17.6 Å². The maximum Gasteiger partial charge on any atom is 0.228 e. The van der Waals surface area contributed by atoms with Gasteiger partial charge in [-0.25, -0.2) is 0 Å². The summed E-state index contributed by atoms with van der Waals surface area (Å²) in [5.41, 5.74) is 4.15. The van der Waals surface area contributed by atoms with Crippen molar-refractivity contribution < 1.29 is 9.59 Å². The molecule has 0 heterocycles. The number of anilines is 1. The Bertz CT molecular complexity index is 1040. The van der Waals surface area contributed by atoms with E-state index in [2.05, 4.69) is 59.5 Å². The molecule has 37 heavy (non-hydrogen) atoms. The minimum Gasteiger partial charge on any atom is -0.342 e. The van der Waals surface area contributed by atoms with Crippen LogP contribution < -0.4 is 10.6 Å². The highest BCUT2D eigenvalue weighted by Gasteiger charge is 2.26. The molecule has 202 valence electrons. The zero-order valence-electron chi connectivity index (χ0n) is 23.3. The molecule has 1 aliphatic carbocycles. The van der Waals surface area contributed by atoms with Crippen molar-refractivity contribution >= 4 is 33.3 Å². The minimum atomic E-state index is 0.133. The number of ketones is 1. The normalized spacial score (nSPS) is 17.4. The molecule has 0 saturated heterocycles.